The predicted molar refractivity (Wildman–Crippen MR) is 98.4 cm³/mol. The quantitative estimate of drug-likeness (QED) is 0.514. The molecule has 0 unspecified atom stereocenters. The van der Waals surface area contributed by atoms with Crippen molar-refractivity contribution in [3.05, 3.63) is 50.7 Å². The zero-order valence-corrected chi connectivity index (χ0v) is 15.5. The monoisotopic (exact) mass is 398 g/mol. The van der Waals surface area contributed by atoms with Gasteiger partial charge in [-0.3, -0.25) is 14.9 Å². The normalized spacial score (nSPS) is 11.2. The van der Waals surface area contributed by atoms with Crippen molar-refractivity contribution >= 4 is 38.6 Å². The van der Waals surface area contributed by atoms with Crippen molar-refractivity contribution in [2.24, 2.45) is 5.14 Å². The van der Waals surface area contributed by atoms with Gasteiger partial charge in [0.2, 0.25) is 15.9 Å². The Bertz CT molecular complexity index is 897. The second-order valence-corrected chi connectivity index (χ2v) is 8.08. The van der Waals surface area contributed by atoms with Crippen molar-refractivity contribution < 1.29 is 18.1 Å². The van der Waals surface area contributed by atoms with Gasteiger partial charge in [0.25, 0.3) is 5.69 Å². The highest BCUT2D eigenvalue weighted by atomic mass is 32.2. The number of carbonyl (C=O) groups excluding carboxylic acids is 1. The predicted octanol–water partition coefficient (Wildman–Crippen LogP) is 1.76. The number of nitrogens with one attached hydrogen (secondary N) is 1. The van der Waals surface area contributed by atoms with Crippen LogP contribution in [0.15, 0.2) is 40.6 Å². The highest BCUT2D eigenvalue weighted by Crippen LogP contribution is 2.27. The van der Waals surface area contributed by atoms with Crippen LogP contribution in [0.4, 0.5) is 11.4 Å². The van der Waals surface area contributed by atoms with Crippen LogP contribution in [-0.4, -0.2) is 37.7 Å². The van der Waals surface area contributed by atoms with Crippen LogP contribution in [0, 0.1) is 10.1 Å². The molecule has 0 aliphatic heterocycles. The van der Waals surface area contributed by atoms with Crippen LogP contribution in [-0.2, 0) is 21.4 Å². The first-order valence-corrected chi connectivity index (χ1v) is 9.92. The molecule has 26 heavy (non-hydrogen) atoms. The molecule has 11 heteroatoms. The molecule has 0 fully saturated rings. The van der Waals surface area contributed by atoms with E-state index >= 15 is 0 Å². The van der Waals surface area contributed by atoms with Crippen LogP contribution < -0.4 is 10.5 Å². The number of sulfonamides is 1. The number of anilines is 1. The molecule has 9 nitrogen and oxygen atoms in total. The zero-order chi connectivity index (χ0) is 19.3. The van der Waals surface area contributed by atoms with Crippen LogP contribution in [0.2, 0.25) is 0 Å². The third-order valence-corrected chi connectivity index (χ3v) is 5.32. The van der Waals surface area contributed by atoms with Gasteiger partial charge in [0.05, 0.1) is 16.4 Å². The molecule has 1 amide bonds. The van der Waals surface area contributed by atoms with Gasteiger partial charge in [0.15, 0.2) is 0 Å². The summed E-state index contributed by atoms with van der Waals surface area (Å²) in [5.41, 5.74) is -0.299. The number of rotatable bonds is 8. The summed E-state index contributed by atoms with van der Waals surface area (Å²) < 4.78 is 22.6. The van der Waals surface area contributed by atoms with Crippen molar-refractivity contribution in [3.8, 4) is 0 Å². The Kier molecular flexibility index (Phi) is 6.29. The fourth-order valence-corrected chi connectivity index (χ4v) is 3.50. The van der Waals surface area contributed by atoms with Crippen LogP contribution in [0.3, 0.4) is 0 Å². The Morgan fingerprint density at radius 3 is 2.69 bits per heavy atom. The molecule has 1 aromatic carbocycles. The molecule has 0 atom stereocenters. The lowest BCUT2D eigenvalue weighted by atomic mass is 10.2. The maximum Gasteiger partial charge on any atom is 0.293 e. The summed E-state index contributed by atoms with van der Waals surface area (Å²) in [5.74, 6) is -0.116. The summed E-state index contributed by atoms with van der Waals surface area (Å²) in [4.78, 5) is 24.8. The molecular weight excluding hydrogens is 380 g/mol. The molecule has 0 aliphatic carbocycles. The fourth-order valence-electron chi connectivity index (χ4n) is 2.21. The molecule has 3 N–H and O–H groups in total. The minimum Gasteiger partial charge on any atom is -0.379 e. The van der Waals surface area contributed by atoms with Gasteiger partial charge < -0.3 is 10.2 Å². The van der Waals surface area contributed by atoms with E-state index in [-0.39, 0.29) is 29.5 Å². The largest absolute Gasteiger partial charge is 0.379 e. The summed E-state index contributed by atoms with van der Waals surface area (Å²) in [6, 6.07) is 7.17. The van der Waals surface area contributed by atoms with E-state index in [1.165, 1.54) is 12.1 Å². The van der Waals surface area contributed by atoms with Gasteiger partial charge in [-0.2, -0.15) is 0 Å². The van der Waals surface area contributed by atoms with Gasteiger partial charge in [-0.15, -0.1) is 11.3 Å². The standard InChI is InChI=1S/C15H18N4O5S2/c1-18(10-11-3-2-8-25-11)15(20)6-7-17-13-5-4-12(26(16,23)24)9-14(13)19(21)22/h2-5,8-9,17H,6-7,10H2,1H3,(H2,16,23,24). The van der Waals surface area contributed by atoms with Crippen molar-refractivity contribution in [2.75, 3.05) is 18.9 Å². The first-order valence-electron chi connectivity index (χ1n) is 7.50. The van der Waals surface area contributed by atoms with Crippen molar-refractivity contribution in [1.82, 2.24) is 4.90 Å². The molecule has 1 heterocycles. The Morgan fingerprint density at radius 2 is 2.12 bits per heavy atom. The maximum atomic E-state index is 12.1. The topological polar surface area (TPSA) is 136 Å². The molecule has 0 aliphatic rings. The Labute approximate surface area is 154 Å². The van der Waals surface area contributed by atoms with Crippen LogP contribution >= 0.6 is 11.3 Å². The number of hydrogen-bond donors (Lipinski definition) is 2. The minimum absolute atomic E-state index is 0.116. The summed E-state index contributed by atoms with van der Waals surface area (Å²) in [6.07, 6.45) is 0.135. The number of amides is 1. The molecule has 0 radical (unpaired) electrons. The first-order chi connectivity index (χ1) is 12.2. The van der Waals surface area contributed by atoms with E-state index in [1.807, 2.05) is 17.5 Å². The zero-order valence-electron chi connectivity index (χ0n) is 13.9. The molecule has 0 saturated heterocycles. The SMILES string of the molecule is CN(Cc1cccs1)C(=O)CCNc1ccc(S(N)(=O)=O)cc1[N+](=O)[O-]. The molecule has 1 aromatic heterocycles. The summed E-state index contributed by atoms with van der Waals surface area (Å²) in [6.45, 7) is 0.670. The molecular formula is C15H18N4O5S2. The lowest BCUT2D eigenvalue weighted by Gasteiger charge is -2.16. The van der Waals surface area contributed by atoms with Crippen LogP contribution in [0.1, 0.15) is 11.3 Å². The number of carbonyl (C=O) groups is 1. The molecule has 0 bridgehead atoms. The van der Waals surface area contributed by atoms with Gasteiger partial charge in [-0.1, -0.05) is 6.07 Å². The van der Waals surface area contributed by atoms with Gasteiger partial charge in [-0.05, 0) is 23.6 Å². The van der Waals surface area contributed by atoms with E-state index in [2.05, 4.69) is 5.32 Å². The number of nitrogens with two attached hydrogens (primary N) is 1. The Hall–Kier alpha value is -2.50. The number of nitro benzene ring substituents is 1. The average molecular weight is 398 g/mol. The molecule has 0 saturated carbocycles. The lowest BCUT2D eigenvalue weighted by Crippen LogP contribution is -2.27. The van der Waals surface area contributed by atoms with Gasteiger partial charge >= 0.3 is 0 Å². The Balaban J connectivity index is 1.98. The van der Waals surface area contributed by atoms with E-state index in [0.717, 1.165) is 10.9 Å². The second-order valence-electron chi connectivity index (χ2n) is 5.49. The van der Waals surface area contributed by atoms with E-state index in [0.29, 0.717) is 6.54 Å². The second kappa shape index (κ2) is 8.25. The van der Waals surface area contributed by atoms with Gasteiger partial charge in [0.1, 0.15) is 5.69 Å². The smallest absolute Gasteiger partial charge is 0.293 e. The molecule has 2 rings (SSSR count). The number of primary sulfonamides is 1. The molecule has 140 valence electrons. The van der Waals surface area contributed by atoms with Gasteiger partial charge in [0, 0.05) is 31.0 Å². The first kappa shape index (κ1) is 19.8. The highest BCUT2D eigenvalue weighted by molar-refractivity contribution is 7.89. The maximum absolute atomic E-state index is 12.1. The molecule has 2 aromatic rings. The fraction of sp³-hybridized carbons (Fsp3) is 0.267. The van der Waals surface area contributed by atoms with Gasteiger partial charge in [-0.25, -0.2) is 13.6 Å². The number of nitro groups is 1. The Morgan fingerprint density at radius 1 is 1.38 bits per heavy atom. The van der Waals surface area contributed by atoms with Crippen LogP contribution in [0.5, 0.6) is 0 Å². The highest BCUT2D eigenvalue weighted by Gasteiger charge is 2.19. The third-order valence-electron chi connectivity index (χ3n) is 3.55. The number of nitrogens with zero attached hydrogens (tertiary/aromatic N) is 2. The number of benzene rings is 1. The number of hydrogen-bond acceptors (Lipinski definition) is 7. The van der Waals surface area contributed by atoms with E-state index in [9.17, 15) is 23.3 Å². The van der Waals surface area contributed by atoms with Crippen molar-refractivity contribution in [2.45, 2.75) is 17.9 Å². The summed E-state index contributed by atoms with van der Waals surface area (Å²) in [5, 5.41) is 20.8. The molecule has 0 spiro atoms. The van der Waals surface area contributed by atoms with Crippen molar-refractivity contribution in [3.63, 3.8) is 0 Å². The van der Waals surface area contributed by atoms with Crippen LogP contribution in [0.25, 0.3) is 0 Å². The van der Waals surface area contributed by atoms with E-state index in [4.69, 9.17) is 5.14 Å². The minimum atomic E-state index is -4.04. The summed E-state index contributed by atoms with van der Waals surface area (Å²) in [7, 11) is -2.35. The van der Waals surface area contributed by atoms with E-state index < -0.39 is 20.6 Å². The lowest BCUT2D eigenvalue weighted by molar-refractivity contribution is -0.384. The van der Waals surface area contributed by atoms with Crippen molar-refractivity contribution in [1.29, 1.82) is 0 Å². The van der Waals surface area contributed by atoms with E-state index in [1.54, 1.807) is 23.3 Å². The average Bonchev–Trinajstić information content (AvgIpc) is 3.06. The summed E-state index contributed by atoms with van der Waals surface area (Å²) >= 11 is 1.55. The number of thiophene rings is 1. The third kappa shape index (κ3) is 5.25.